The summed E-state index contributed by atoms with van der Waals surface area (Å²) in [5.41, 5.74) is 6.09. The molecule has 2 amide bonds. The number of nitrogens with zero attached hydrogens (tertiary/aromatic N) is 1. The summed E-state index contributed by atoms with van der Waals surface area (Å²) in [6, 6.07) is 0.112. The van der Waals surface area contributed by atoms with E-state index in [0.717, 1.165) is 32.5 Å². The topological polar surface area (TPSA) is 58.4 Å². The number of hydrogen-bond acceptors (Lipinski definition) is 2. The van der Waals surface area contributed by atoms with Crippen molar-refractivity contribution >= 4 is 6.03 Å². The van der Waals surface area contributed by atoms with Crippen LogP contribution in [0.4, 0.5) is 4.79 Å². The van der Waals surface area contributed by atoms with Gasteiger partial charge in [0.25, 0.3) is 0 Å². The molecule has 1 heterocycles. The van der Waals surface area contributed by atoms with E-state index in [1.165, 1.54) is 32.1 Å². The van der Waals surface area contributed by atoms with Crippen molar-refractivity contribution in [2.75, 3.05) is 26.2 Å². The zero-order valence-corrected chi connectivity index (χ0v) is 10.7. The van der Waals surface area contributed by atoms with E-state index in [9.17, 15) is 4.79 Å². The van der Waals surface area contributed by atoms with Crippen molar-refractivity contribution in [3.63, 3.8) is 0 Å². The van der Waals surface area contributed by atoms with Gasteiger partial charge in [0.05, 0.1) is 0 Å². The van der Waals surface area contributed by atoms with Crippen molar-refractivity contribution in [3.8, 4) is 0 Å². The Hall–Kier alpha value is -0.770. The highest BCUT2D eigenvalue weighted by atomic mass is 16.2. The standard InChI is InChI=1S/C13H25N3O/c14-10-13(6-2-1-3-7-13)11-15-12(17)16-8-4-5-9-16/h1-11,14H2,(H,15,17). The van der Waals surface area contributed by atoms with E-state index in [-0.39, 0.29) is 11.4 Å². The smallest absolute Gasteiger partial charge is 0.317 e. The van der Waals surface area contributed by atoms with Crippen LogP contribution in [-0.2, 0) is 0 Å². The third-order valence-corrected chi connectivity index (χ3v) is 4.36. The highest BCUT2D eigenvalue weighted by Gasteiger charge is 2.31. The van der Waals surface area contributed by atoms with Crippen LogP contribution in [0.3, 0.4) is 0 Å². The van der Waals surface area contributed by atoms with Crippen LogP contribution in [-0.4, -0.2) is 37.1 Å². The van der Waals surface area contributed by atoms with Gasteiger partial charge in [-0.15, -0.1) is 0 Å². The molecular formula is C13H25N3O. The molecule has 4 heteroatoms. The van der Waals surface area contributed by atoms with E-state index in [4.69, 9.17) is 5.73 Å². The normalized spacial score (nSPS) is 23.7. The zero-order chi connectivity index (χ0) is 12.1. The number of urea groups is 1. The Bertz CT molecular complexity index is 255. The van der Waals surface area contributed by atoms with Crippen LogP contribution in [0.2, 0.25) is 0 Å². The highest BCUT2D eigenvalue weighted by molar-refractivity contribution is 5.74. The predicted octanol–water partition coefficient (Wildman–Crippen LogP) is 1.70. The Kier molecular flexibility index (Phi) is 4.26. The number of nitrogens with two attached hydrogens (primary N) is 1. The van der Waals surface area contributed by atoms with Gasteiger partial charge in [-0.05, 0) is 32.2 Å². The highest BCUT2D eigenvalue weighted by Crippen LogP contribution is 2.34. The molecule has 1 aliphatic carbocycles. The molecular weight excluding hydrogens is 214 g/mol. The Balaban J connectivity index is 1.80. The number of hydrogen-bond donors (Lipinski definition) is 2. The van der Waals surface area contributed by atoms with E-state index < -0.39 is 0 Å². The number of likely N-dealkylation sites (tertiary alicyclic amines) is 1. The lowest BCUT2D eigenvalue weighted by Gasteiger charge is -2.36. The average molecular weight is 239 g/mol. The molecule has 0 bridgehead atoms. The first kappa shape index (κ1) is 12.7. The molecule has 4 nitrogen and oxygen atoms in total. The van der Waals surface area contributed by atoms with Crippen LogP contribution < -0.4 is 11.1 Å². The van der Waals surface area contributed by atoms with Crippen LogP contribution in [0.5, 0.6) is 0 Å². The molecule has 2 fully saturated rings. The summed E-state index contributed by atoms with van der Waals surface area (Å²) in [4.78, 5) is 13.8. The molecule has 1 saturated carbocycles. The van der Waals surface area contributed by atoms with Crippen LogP contribution in [0, 0.1) is 5.41 Å². The Morgan fingerprint density at radius 1 is 1.12 bits per heavy atom. The Morgan fingerprint density at radius 2 is 1.76 bits per heavy atom. The molecule has 3 N–H and O–H groups in total. The van der Waals surface area contributed by atoms with Crippen molar-refractivity contribution < 1.29 is 4.79 Å². The van der Waals surface area contributed by atoms with Crippen LogP contribution in [0.1, 0.15) is 44.9 Å². The van der Waals surface area contributed by atoms with Gasteiger partial charge in [-0.2, -0.15) is 0 Å². The molecule has 0 aromatic heterocycles. The van der Waals surface area contributed by atoms with Crippen LogP contribution in [0.25, 0.3) is 0 Å². The van der Waals surface area contributed by atoms with Gasteiger partial charge in [-0.3, -0.25) is 0 Å². The summed E-state index contributed by atoms with van der Waals surface area (Å²) in [6.45, 7) is 3.30. The summed E-state index contributed by atoms with van der Waals surface area (Å²) in [7, 11) is 0. The minimum absolute atomic E-state index is 0.112. The molecule has 0 spiro atoms. The van der Waals surface area contributed by atoms with Gasteiger partial charge in [0.2, 0.25) is 0 Å². The fourth-order valence-corrected chi connectivity index (χ4v) is 3.05. The minimum atomic E-state index is 0.112. The lowest BCUT2D eigenvalue weighted by atomic mass is 9.74. The number of amides is 2. The second kappa shape index (κ2) is 5.71. The van der Waals surface area contributed by atoms with Gasteiger partial charge >= 0.3 is 6.03 Å². The van der Waals surface area contributed by atoms with E-state index in [1.807, 2.05) is 4.90 Å². The van der Waals surface area contributed by atoms with Gasteiger partial charge in [0.15, 0.2) is 0 Å². The quantitative estimate of drug-likeness (QED) is 0.787. The maximum absolute atomic E-state index is 11.9. The SMILES string of the molecule is NCC1(CNC(=O)N2CCCC2)CCCCC1. The average Bonchev–Trinajstić information content (AvgIpc) is 2.91. The number of nitrogens with one attached hydrogen (secondary N) is 1. The summed E-state index contributed by atoms with van der Waals surface area (Å²) in [5, 5.41) is 3.09. The third-order valence-electron chi connectivity index (χ3n) is 4.36. The molecule has 1 saturated heterocycles. The second-order valence-electron chi connectivity index (χ2n) is 5.62. The van der Waals surface area contributed by atoms with Gasteiger partial charge < -0.3 is 16.0 Å². The van der Waals surface area contributed by atoms with Crippen molar-refractivity contribution in [2.24, 2.45) is 11.1 Å². The number of carbonyl (C=O) groups excluding carboxylic acids is 1. The first-order chi connectivity index (χ1) is 8.26. The third kappa shape index (κ3) is 3.12. The monoisotopic (exact) mass is 239 g/mol. The maximum Gasteiger partial charge on any atom is 0.317 e. The first-order valence-corrected chi connectivity index (χ1v) is 6.99. The fourth-order valence-electron chi connectivity index (χ4n) is 3.05. The van der Waals surface area contributed by atoms with Crippen molar-refractivity contribution in [1.29, 1.82) is 0 Å². The second-order valence-corrected chi connectivity index (χ2v) is 5.62. The van der Waals surface area contributed by atoms with Gasteiger partial charge in [-0.1, -0.05) is 19.3 Å². The lowest BCUT2D eigenvalue weighted by molar-refractivity contribution is 0.174. The van der Waals surface area contributed by atoms with E-state index >= 15 is 0 Å². The number of rotatable bonds is 3. The van der Waals surface area contributed by atoms with E-state index in [0.29, 0.717) is 6.54 Å². The molecule has 1 aliphatic heterocycles. The molecule has 0 radical (unpaired) electrons. The van der Waals surface area contributed by atoms with Crippen molar-refractivity contribution in [3.05, 3.63) is 0 Å². The van der Waals surface area contributed by atoms with Gasteiger partial charge in [0.1, 0.15) is 0 Å². The van der Waals surface area contributed by atoms with Crippen molar-refractivity contribution in [2.45, 2.75) is 44.9 Å². The van der Waals surface area contributed by atoms with E-state index in [2.05, 4.69) is 5.32 Å². The summed E-state index contributed by atoms with van der Waals surface area (Å²) < 4.78 is 0. The summed E-state index contributed by atoms with van der Waals surface area (Å²) >= 11 is 0. The van der Waals surface area contributed by atoms with Gasteiger partial charge in [0, 0.05) is 25.0 Å². The Labute approximate surface area is 104 Å². The van der Waals surface area contributed by atoms with Crippen molar-refractivity contribution in [1.82, 2.24) is 10.2 Å². The molecule has 0 aromatic rings. The van der Waals surface area contributed by atoms with Crippen LogP contribution >= 0.6 is 0 Å². The molecule has 2 aliphatic rings. The first-order valence-electron chi connectivity index (χ1n) is 6.99. The molecule has 0 unspecified atom stereocenters. The Morgan fingerprint density at radius 3 is 2.35 bits per heavy atom. The number of carbonyl (C=O) groups is 1. The molecule has 0 atom stereocenters. The minimum Gasteiger partial charge on any atom is -0.337 e. The fraction of sp³-hybridized carbons (Fsp3) is 0.923. The predicted molar refractivity (Wildman–Crippen MR) is 68.8 cm³/mol. The van der Waals surface area contributed by atoms with Gasteiger partial charge in [-0.25, -0.2) is 4.79 Å². The largest absolute Gasteiger partial charge is 0.337 e. The molecule has 98 valence electrons. The summed E-state index contributed by atoms with van der Waals surface area (Å²) in [5.74, 6) is 0. The summed E-state index contributed by atoms with van der Waals surface area (Å²) in [6.07, 6.45) is 8.48. The lowest BCUT2D eigenvalue weighted by Crippen LogP contribution is -2.47. The molecule has 2 rings (SSSR count). The maximum atomic E-state index is 11.9. The zero-order valence-electron chi connectivity index (χ0n) is 10.7. The van der Waals surface area contributed by atoms with E-state index in [1.54, 1.807) is 0 Å². The molecule has 17 heavy (non-hydrogen) atoms. The van der Waals surface area contributed by atoms with Crippen LogP contribution in [0.15, 0.2) is 0 Å². The molecule has 0 aromatic carbocycles.